The Morgan fingerprint density at radius 2 is 2.44 bits per heavy atom. The van der Waals surface area contributed by atoms with E-state index in [4.69, 9.17) is 10.2 Å². The van der Waals surface area contributed by atoms with E-state index < -0.39 is 0 Å². The Kier molecular flexibility index (Phi) is 3.88. The van der Waals surface area contributed by atoms with Crippen LogP contribution in [0.4, 0.5) is 5.95 Å². The maximum absolute atomic E-state index is 11.7. The molecule has 18 heavy (non-hydrogen) atoms. The van der Waals surface area contributed by atoms with E-state index in [1.807, 2.05) is 6.26 Å². The summed E-state index contributed by atoms with van der Waals surface area (Å²) in [7, 11) is 0. The average molecular weight is 267 g/mol. The van der Waals surface area contributed by atoms with Crippen LogP contribution in [0.3, 0.4) is 0 Å². The van der Waals surface area contributed by atoms with Gasteiger partial charge in [0.25, 0.3) is 0 Å². The maximum atomic E-state index is 11.7. The van der Waals surface area contributed by atoms with Crippen LogP contribution in [0.15, 0.2) is 28.0 Å². The summed E-state index contributed by atoms with van der Waals surface area (Å²) in [6.07, 6.45) is 3.41. The molecule has 1 amide bonds. The molecule has 0 bridgehead atoms. The second-order valence-corrected chi connectivity index (χ2v) is 4.26. The Bertz CT molecular complexity index is 522. The zero-order chi connectivity index (χ0) is 13.0. The highest BCUT2D eigenvalue weighted by Crippen LogP contribution is 2.14. The van der Waals surface area contributed by atoms with Crippen LogP contribution >= 0.6 is 11.8 Å². The van der Waals surface area contributed by atoms with Gasteiger partial charge in [0.15, 0.2) is 5.16 Å². The fraction of sp³-hybridized carbons (Fsp3) is 0.300. The van der Waals surface area contributed by atoms with E-state index in [-0.39, 0.29) is 18.4 Å². The second kappa shape index (κ2) is 5.58. The van der Waals surface area contributed by atoms with Gasteiger partial charge in [-0.1, -0.05) is 11.8 Å². The van der Waals surface area contributed by atoms with Crippen molar-refractivity contribution in [1.29, 1.82) is 0 Å². The Morgan fingerprint density at radius 3 is 3.11 bits per heavy atom. The lowest BCUT2D eigenvalue weighted by Crippen LogP contribution is -2.27. The third-order valence-electron chi connectivity index (χ3n) is 2.27. The minimum absolute atomic E-state index is 0.0930. The number of anilines is 1. The zero-order valence-electron chi connectivity index (χ0n) is 9.79. The molecule has 0 unspecified atom stereocenters. The summed E-state index contributed by atoms with van der Waals surface area (Å²) in [5, 5.41) is 10.9. The molecule has 0 atom stereocenters. The molecule has 0 aliphatic carbocycles. The fourth-order valence-corrected chi connectivity index (χ4v) is 1.90. The van der Waals surface area contributed by atoms with Crippen molar-refractivity contribution in [1.82, 2.24) is 20.1 Å². The quantitative estimate of drug-likeness (QED) is 0.765. The molecule has 0 radical (unpaired) electrons. The van der Waals surface area contributed by atoms with Gasteiger partial charge in [-0.25, -0.2) is 0 Å². The summed E-state index contributed by atoms with van der Waals surface area (Å²) in [5.41, 5.74) is 5.63. The van der Waals surface area contributed by atoms with E-state index >= 15 is 0 Å². The Labute approximate surface area is 108 Å². The molecule has 0 saturated heterocycles. The first-order valence-electron chi connectivity index (χ1n) is 5.22. The maximum Gasteiger partial charge on any atom is 0.240 e. The largest absolute Gasteiger partial charge is 0.467 e. The van der Waals surface area contributed by atoms with E-state index in [0.29, 0.717) is 17.5 Å². The molecule has 2 aromatic rings. The van der Waals surface area contributed by atoms with E-state index in [0.717, 1.165) is 0 Å². The molecule has 0 aliphatic rings. The molecule has 7 nitrogen and oxygen atoms in total. The van der Waals surface area contributed by atoms with Crippen molar-refractivity contribution >= 4 is 23.6 Å². The van der Waals surface area contributed by atoms with Crippen LogP contribution in [0.5, 0.6) is 0 Å². The van der Waals surface area contributed by atoms with Crippen LogP contribution in [0, 0.1) is 0 Å². The Balaban J connectivity index is 1.92. The fourth-order valence-electron chi connectivity index (χ4n) is 1.40. The molecule has 96 valence electrons. The molecule has 8 heteroatoms. The average Bonchev–Trinajstić information content (AvgIpc) is 2.98. The summed E-state index contributed by atoms with van der Waals surface area (Å²) in [4.78, 5) is 11.7. The first-order chi connectivity index (χ1) is 8.70. The van der Waals surface area contributed by atoms with Gasteiger partial charge in [0.1, 0.15) is 12.3 Å². The van der Waals surface area contributed by atoms with Crippen molar-refractivity contribution in [3.63, 3.8) is 0 Å². The highest BCUT2D eigenvalue weighted by Gasteiger charge is 2.12. The molecule has 3 N–H and O–H groups in total. The second-order valence-electron chi connectivity index (χ2n) is 3.49. The molecule has 2 rings (SSSR count). The molecule has 2 aromatic heterocycles. The number of nitrogens with zero attached hydrogens (tertiary/aromatic N) is 3. The molecule has 0 spiro atoms. The number of nitrogens with two attached hydrogens (primary N) is 1. The first-order valence-corrected chi connectivity index (χ1v) is 6.45. The predicted molar refractivity (Wildman–Crippen MR) is 66.8 cm³/mol. The predicted octanol–water partition coefficient (Wildman–Crippen LogP) is 0.492. The molecular weight excluding hydrogens is 254 g/mol. The van der Waals surface area contributed by atoms with E-state index in [2.05, 4.69) is 15.5 Å². The van der Waals surface area contributed by atoms with E-state index in [9.17, 15) is 4.79 Å². The molecular formula is C10H13N5O2S. The van der Waals surface area contributed by atoms with Crippen molar-refractivity contribution in [3.8, 4) is 0 Å². The van der Waals surface area contributed by atoms with Crippen molar-refractivity contribution in [2.24, 2.45) is 0 Å². The van der Waals surface area contributed by atoms with Gasteiger partial charge in [-0.15, -0.1) is 10.2 Å². The molecule has 0 saturated carbocycles. The first kappa shape index (κ1) is 12.5. The van der Waals surface area contributed by atoms with Gasteiger partial charge >= 0.3 is 0 Å². The normalized spacial score (nSPS) is 10.5. The number of hydrogen-bond donors (Lipinski definition) is 2. The molecule has 0 aromatic carbocycles. The smallest absolute Gasteiger partial charge is 0.240 e. The lowest BCUT2D eigenvalue weighted by Gasteiger charge is -2.06. The lowest BCUT2D eigenvalue weighted by molar-refractivity contribution is -0.122. The number of carbonyl (C=O) groups is 1. The zero-order valence-corrected chi connectivity index (χ0v) is 10.6. The number of aromatic nitrogens is 3. The number of amides is 1. The third-order valence-corrected chi connectivity index (χ3v) is 2.94. The number of nitrogen functional groups attached to an aromatic ring is 1. The lowest BCUT2D eigenvalue weighted by atomic mass is 10.4. The van der Waals surface area contributed by atoms with E-state index in [1.165, 1.54) is 11.8 Å². The van der Waals surface area contributed by atoms with E-state index in [1.54, 1.807) is 23.0 Å². The van der Waals surface area contributed by atoms with Crippen molar-refractivity contribution in [2.75, 3.05) is 12.0 Å². The summed E-state index contributed by atoms with van der Waals surface area (Å²) in [6.45, 7) is 0.443. The number of rotatable bonds is 5. The molecule has 0 fully saturated rings. The Morgan fingerprint density at radius 1 is 1.61 bits per heavy atom. The minimum atomic E-state index is -0.173. The SMILES string of the molecule is CSc1nnc(N)n1CC(=O)NCc1ccco1. The summed E-state index contributed by atoms with van der Waals surface area (Å²) in [6, 6.07) is 3.56. The standard InChI is InChI=1S/C10H13N5O2S/c1-18-10-14-13-9(11)15(10)6-8(16)12-5-7-3-2-4-17-7/h2-4H,5-6H2,1H3,(H2,11,13)(H,12,16). The summed E-state index contributed by atoms with van der Waals surface area (Å²) >= 11 is 1.38. The molecule has 0 aliphatic heterocycles. The number of nitrogens with one attached hydrogen (secondary N) is 1. The minimum Gasteiger partial charge on any atom is -0.467 e. The van der Waals surface area contributed by atoms with Crippen LogP contribution in [0.2, 0.25) is 0 Å². The van der Waals surface area contributed by atoms with Gasteiger partial charge in [0, 0.05) is 0 Å². The van der Waals surface area contributed by atoms with Crippen LogP contribution < -0.4 is 11.1 Å². The van der Waals surface area contributed by atoms with Crippen LogP contribution in [0.1, 0.15) is 5.76 Å². The van der Waals surface area contributed by atoms with Gasteiger partial charge in [-0.3, -0.25) is 9.36 Å². The topological polar surface area (TPSA) is 99.0 Å². The summed E-state index contributed by atoms with van der Waals surface area (Å²) in [5.74, 6) is 0.755. The monoisotopic (exact) mass is 267 g/mol. The number of furan rings is 1. The van der Waals surface area contributed by atoms with Crippen molar-refractivity contribution < 1.29 is 9.21 Å². The van der Waals surface area contributed by atoms with Crippen LogP contribution in [-0.4, -0.2) is 26.9 Å². The van der Waals surface area contributed by atoms with Gasteiger partial charge in [-0.2, -0.15) is 0 Å². The van der Waals surface area contributed by atoms with Crippen molar-refractivity contribution in [2.45, 2.75) is 18.2 Å². The number of hydrogen-bond acceptors (Lipinski definition) is 6. The highest BCUT2D eigenvalue weighted by atomic mass is 32.2. The van der Waals surface area contributed by atoms with Crippen molar-refractivity contribution in [3.05, 3.63) is 24.2 Å². The third kappa shape index (κ3) is 2.83. The number of thioether (sulfide) groups is 1. The summed E-state index contributed by atoms with van der Waals surface area (Å²) < 4.78 is 6.67. The van der Waals surface area contributed by atoms with Crippen LogP contribution in [0.25, 0.3) is 0 Å². The van der Waals surface area contributed by atoms with Gasteiger partial charge in [-0.05, 0) is 18.4 Å². The number of carbonyl (C=O) groups excluding carboxylic acids is 1. The van der Waals surface area contributed by atoms with Gasteiger partial charge in [0.05, 0.1) is 12.8 Å². The highest BCUT2D eigenvalue weighted by molar-refractivity contribution is 7.98. The van der Waals surface area contributed by atoms with Gasteiger partial charge < -0.3 is 15.5 Å². The van der Waals surface area contributed by atoms with Gasteiger partial charge in [0.2, 0.25) is 11.9 Å². The Hall–Kier alpha value is -1.96. The van der Waals surface area contributed by atoms with Crippen LogP contribution in [-0.2, 0) is 17.9 Å². The molecule has 2 heterocycles.